The van der Waals surface area contributed by atoms with E-state index < -0.39 is 0 Å². The normalized spacial score (nSPS) is 38.7. The Bertz CT molecular complexity index is 356. The Labute approximate surface area is 90.6 Å². The highest BCUT2D eigenvalue weighted by atomic mass is 16.2. The van der Waals surface area contributed by atoms with E-state index in [0.29, 0.717) is 17.9 Å². The van der Waals surface area contributed by atoms with Gasteiger partial charge < -0.3 is 4.90 Å². The van der Waals surface area contributed by atoms with Crippen molar-refractivity contribution in [3.05, 3.63) is 23.8 Å². The van der Waals surface area contributed by atoms with E-state index in [4.69, 9.17) is 0 Å². The van der Waals surface area contributed by atoms with Crippen LogP contribution in [0.5, 0.6) is 0 Å². The van der Waals surface area contributed by atoms with Crippen LogP contribution in [0.25, 0.3) is 0 Å². The van der Waals surface area contributed by atoms with Crippen LogP contribution in [-0.2, 0) is 4.79 Å². The van der Waals surface area contributed by atoms with Gasteiger partial charge in [0.15, 0.2) is 0 Å². The summed E-state index contributed by atoms with van der Waals surface area (Å²) in [6.45, 7) is 2.99. The summed E-state index contributed by atoms with van der Waals surface area (Å²) in [5, 5.41) is 0. The molecule has 15 heavy (non-hydrogen) atoms. The Kier molecular flexibility index (Phi) is 1.98. The molecule has 2 nitrogen and oxygen atoms in total. The van der Waals surface area contributed by atoms with Crippen LogP contribution in [-0.4, -0.2) is 23.4 Å². The van der Waals surface area contributed by atoms with E-state index in [1.807, 2.05) is 0 Å². The number of hydrogen-bond acceptors (Lipinski definition) is 1. The Balaban J connectivity index is 1.94. The summed E-state index contributed by atoms with van der Waals surface area (Å²) in [7, 11) is 0. The van der Waals surface area contributed by atoms with E-state index in [0.717, 1.165) is 25.8 Å². The van der Waals surface area contributed by atoms with E-state index in [9.17, 15) is 4.79 Å². The molecular formula is C13H17NO. The summed E-state index contributed by atoms with van der Waals surface area (Å²) in [6, 6.07) is 0.431. The fourth-order valence-electron chi connectivity index (χ4n) is 3.16. The van der Waals surface area contributed by atoms with Crippen LogP contribution in [0.2, 0.25) is 0 Å². The third-order valence-corrected chi connectivity index (χ3v) is 3.95. The van der Waals surface area contributed by atoms with Crippen LogP contribution in [0.4, 0.5) is 0 Å². The molecule has 3 atom stereocenters. The zero-order valence-corrected chi connectivity index (χ0v) is 9.15. The lowest BCUT2D eigenvalue weighted by molar-refractivity contribution is -0.130. The highest BCUT2D eigenvalue weighted by Gasteiger charge is 2.45. The van der Waals surface area contributed by atoms with Gasteiger partial charge in [0.2, 0.25) is 5.91 Å². The molecule has 1 amide bonds. The van der Waals surface area contributed by atoms with Crippen molar-refractivity contribution >= 4 is 5.91 Å². The van der Waals surface area contributed by atoms with E-state index in [1.54, 1.807) is 0 Å². The monoisotopic (exact) mass is 203 g/mol. The molecule has 2 heterocycles. The van der Waals surface area contributed by atoms with Crippen LogP contribution in [0.3, 0.4) is 0 Å². The average molecular weight is 203 g/mol. The maximum Gasteiger partial charge on any atom is 0.226 e. The largest absolute Gasteiger partial charge is 0.335 e. The molecule has 3 rings (SSSR count). The fraction of sp³-hybridized carbons (Fsp3) is 0.615. The smallest absolute Gasteiger partial charge is 0.226 e. The Morgan fingerprint density at radius 2 is 2.27 bits per heavy atom. The van der Waals surface area contributed by atoms with E-state index >= 15 is 0 Å². The molecule has 2 fully saturated rings. The number of carbonyl (C=O) groups excluding carboxylic acids is 1. The minimum absolute atomic E-state index is 0.240. The predicted octanol–water partition coefficient (Wildman–Crippen LogP) is 2.13. The molecule has 0 spiro atoms. The zero-order valence-electron chi connectivity index (χ0n) is 9.15. The lowest BCUT2D eigenvalue weighted by atomic mass is 9.93. The molecule has 0 bridgehead atoms. The highest BCUT2D eigenvalue weighted by Crippen LogP contribution is 2.40. The second-order valence-electron chi connectivity index (χ2n) is 4.96. The van der Waals surface area contributed by atoms with Gasteiger partial charge in [-0.15, -0.1) is 0 Å². The minimum atomic E-state index is 0.240. The first kappa shape index (κ1) is 9.20. The quantitative estimate of drug-likeness (QED) is 0.552. The Morgan fingerprint density at radius 3 is 3.13 bits per heavy atom. The molecule has 0 N–H and O–H groups in total. The molecule has 1 aliphatic carbocycles. The van der Waals surface area contributed by atoms with Crippen LogP contribution >= 0.6 is 0 Å². The van der Waals surface area contributed by atoms with E-state index in [1.165, 1.54) is 5.57 Å². The van der Waals surface area contributed by atoms with Gasteiger partial charge in [0.25, 0.3) is 0 Å². The average Bonchev–Trinajstić information content (AvgIpc) is 2.58. The summed E-state index contributed by atoms with van der Waals surface area (Å²) in [4.78, 5) is 14.0. The number of allylic oxidation sites excluding steroid dienone is 2. The van der Waals surface area contributed by atoms with E-state index in [2.05, 4.69) is 30.1 Å². The molecule has 2 heteroatoms. The minimum Gasteiger partial charge on any atom is -0.335 e. The van der Waals surface area contributed by atoms with Gasteiger partial charge in [-0.05, 0) is 24.8 Å². The summed E-state index contributed by atoms with van der Waals surface area (Å²) < 4.78 is 0. The molecule has 0 aromatic heterocycles. The maximum absolute atomic E-state index is 11.9. The third-order valence-electron chi connectivity index (χ3n) is 3.95. The first-order valence-corrected chi connectivity index (χ1v) is 5.94. The van der Waals surface area contributed by atoms with Crippen molar-refractivity contribution in [2.45, 2.75) is 32.2 Å². The van der Waals surface area contributed by atoms with Crippen molar-refractivity contribution in [3.8, 4) is 0 Å². The molecule has 0 unspecified atom stereocenters. The number of nitrogens with zero attached hydrogens (tertiary/aromatic N) is 1. The molecule has 3 aliphatic rings. The molecule has 2 aliphatic heterocycles. The van der Waals surface area contributed by atoms with Gasteiger partial charge in [-0.25, -0.2) is 0 Å². The maximum atomic E-state index is 11.9. The fourth-order valence-corrected chi connectivity index (χ4v) is 3.16. The lowest BCUT2D eigenvalue weighted by Crippen LogP contribution is -2.29. The van der Waals surface area contributed by atoms with Gasteiger partial charge >= 0.3 is 0 Å². The van der Waals surface area contributed by atoms with Crippen molar-refractivity contribution < 1.29 is 4.79 Å². The van der Waals surface area contributed by atoms with Gasteiger partial charge in [0.05, 0.1) is 6.04 Å². The number of carbonyl (C=O) groups is 1. The van der Waals surface area contributed by atoms with Gasteiger partial charge in [-0.3, -0.25) is 4.79 Å². The van der Waals surface area contributed by atoms with Gasteiger partial charge in [0.1, 0.15) is 0 Å². The highest BCUT2D eigenvalue weighted by molar-refractivity contribution is 5.82. The molecule has 0 aromatic rings. The van der Waals surface area contributed by atoms with Gasteiger partial charge in [0, 0.05) is 18.4 Å². The summed E-state index contributed by atoms with van der Waals surface area (Å²) >= 11 is 0. The van der Waals surface area contributed by atoms with Crippen LogP contribution in [0, 0.1) is 11.8 Å². The number of amides is 1. The molecular weight excluding hydrogens is 186 g/mol. The first-order chi connectivity index (χ1) is 7.27. The second-order valence-corrected chi connectivity index (χ2v) is 4.96. The third kappa shape index (κ3) is 1.27. The lowest BCUT2D eigenvalue weighted by Gasteiger charge is -2.14. The molecule has 80 valence electrons. The van der Waals surface area contributed by atoms with Crippen LogP contribution in [0.15, 0.2) is 23.8 Å². The second kappa shape index (κ2) is 3.22. The summed E-state index contributed by atoms with van der Waals surface area (Å²) in [6.07, 6.45) is 10.3. The Hall–Kier alpha value is -1.05. The van der Waals surface area contributed by atoms with Gasteiger partial charge in [-0.1, -0.05) is 25.2 Å². The first-order valence-electron chi connectivity index (χ1n) is 5.94. The molecule has 0 radical (unpaired) electrons. The SMILES string of the molecule is C[C@@H]1C[C@H]2C3=CCCC=C[C@H]3CN2C1=O. The topological polar surface area (TPSA) is 20.3 Å². The van der Waals surface area contributed by atoms with Crippen LogP contribution < -0.4 is 0 Å². The number of fused-ring (bicyclic) bond motifs is 3. The van der Waals surface area contributed by atoms with Crippen molar-refractivity contribution in [1.82, 2.24) is 4.90 Å². The zero-order chi connectivity index (χ0) is 10.4. The number of hydrogen-bond donors (Lipinski definition) is 0. The van der Waals surface area contributed by atoms with Crippen molar-refractivity contribution in [2.24, 2.45) is 11.8 Å². The van der Waals surface area contributed by atoms with Crippen molar-refractivity contribution in [1.29, 1.82) is 0 Å². The standard InChI is InChI=1S/C13H17NO/c1-9-7-12-11-6-4-2-3-5-10(11)8-14(12)13(9)15/h3,5-6,9-10,12H,2,4,7-8H2,1H3/t9-,10+,12+/m1/s1. The molecule has 0 saturated carbocycles. The molecule has 0 aromatic carbocycles. The predicted molar refractivity (Wildman–Crippen MR) is 59.2 cm³/mol. The van der Waals surface area contributed by atoms with Crippen LogP contribution in [0.1, 0.15) is 26.2 Å². The van der Waals surface area contributed by atoms with Gasteiger partial charge in [-0.2, -0.15) is 0 Å². The summed E-state index contributed by atoms with van der Waals surface area (Å²) in [5.74, 6) is 1.13. The summed E-state index contributed by atoms with van der Waals surface area (Å²) in [5.41, 5.74) is 1.52. The van der Waals surface area contributed by atoms with Crippen molar-refractivity contribution in [3.63, 3.8) is 0 Å². The van der Waals surface area contributed by atoms with Crippen molar-refractivity contribution in [2.75, 3.05) is 6.54 Å². The number of rotatable bonds is 0. The van der Waals surface area contributed by atoms with E-state index in [-0.39, 0.29) is 5.92 Å². The Morgan fingerprint density at radius 1 is 1.40 bits per heavy atom. The molecule has 2 saturated heterocycles.